The molecule has 7 rings (SSSR count). The molecule has 0 saturated carbocycles. The van der Waals surface area contributed by atoms with E-state index in [0.717, 1.165) is 72.2 Å². The summed E-state index contributed by atoms with van der Waals surface area (Å²) in [4.78, 5) is 27.9. The van der Waals surface area contributed by atoms with E-state index >= 15 is 0 Å². The van der Waals surface area contributed by atoms with Crippen molar-refractivity contribution in [2.45, 2.75) is 0 Å². The summed E-state index contributed by atoms with van der Waals surface area (Å²) in [5.41, 5.74) is 4.79. The normalized spacial score (nSPS) is 11.7. The molecule has 0 aliphatic rings. The summed E-state index contributed by atoms with van der Waals surface area (Å²) in [6.45, 7) is 0.252. The number of benzene rings is 3. The minimum Gasteiger partial charge on any atom is -0.497 e. The van der Waals surface area contributed by atoms with Crippen LogP contribution in [-0.2, 0) is 14.3 Å². The molecule has 3 aromatic carbocycles. The number of allylic oxidation sites excluding steroid dienone is 1. The first-order valence-corrected chi connectivity index (χ1v) is 18.4. The maximum Gasteiger partial charge on any atom is 0.346 e. The number of carbonyl (C=O) groups excluding carboxylic acids is 1. The number of rotatable bonds is 11. The van der Waals surface area contributed by atoms with Gasteiger partial charge in [-0.25, -0.2) is 4.79 Å². The van der Waals surface area contributed by atoms with Crippen LogP contribution in [0.25, 0.3) is 51.8 Å². The Morgan fingerprint density at radius 1 is 0.686 bits per heavy atom. The largest absolute Gasteiger partial charge is 0.497 e. The second-order valence-corrected chi connectivity index (χ2v) is 15.3. The summed E-state index contributed by atoms with van der Waals surface area (Å²) in [6, 6.07) is 36.5. The molecule has 248 valence electrons. The van der Waals surface area contributed by atoms with Gasteiger partial charge in [0.1, 0.15) is 23.5 Å². The van der Waals surface area contributed by atoms with E-state index < -0.39 is 5.97 Å². The topological polar surface area (TPSA) is 124 Å². The Labute approximate surface area is 307 Å². The third-order valence-electron chi connectivity index (χ3n) is 7.80. The van der Waals surface area contributed by atoms with Gasteiger partial charge in [0.15, 0.2) is 0 Å². The van der Waals surface area contributed by atoms with Crippen molar-refractivity contribution >= 4 is 106 Å². The lowest BCUT2D eigenvalue weighted by Gasteiger charge is -2.26. The number of hydrogen-bond acceptors (Lipinski definition) is 11. The lowest BCUT2D eigenvalue weighted by Crippen LogP contribution is -2.09. The number of carboxylic acids is 1. The summed E-state index contributed by atoms with van der Waals surface area (Å²) in [5.74, 6) is -0.512. The molecular formula is C39H23N3O5S4. The van der Waals surface area contributed by atoms with Crippen LogP contribution in [0.15, 0.2) is 108 Å². The number of thiophene rings is 4. The Morgan fingerprint density at radius 2 is 1.16 bits per heavy atom. The smallest absolute Gasteiger partial charge is 0.346 e. The molecule has 0 aliphatic heterocycles. The highest BCUT2D eigenvalue weighted by molar-refractivity contribution is 7.30. The van der Waals surface area contributed by atoms with Crippen molar-refractivity contribution in [1.29, 1.82) is 10.5 Å². The molecule has 0 atom stereocenters. The van der Waals surface area contributed by atoms with Crippen LogP contribution in [0.5, 0.6) is 5.75 Å². The number of aliphatic carboxylic acids is 1. The number of anilines is 3. The van der Waals surface area contributed by atoms with E-state index in [0.29, 0.717) is 0 Å². The van der Waals surface area contributed by atoms with Crippen LogP contribution in [-0.4, -0.2) is 24.7 Å². The second kappa shape index (κ2) is 14.5. The summed E-state index contributed by atoms with van der Waals surface area (Å²) < 4.78 is 14.4. The van der Waals surface area contributed by atoms with Crippen molar-refractivity contribution < 1.29 is 24.2 Å². The van der Waals surface area contributed by atoms with E-state index in [4.69, 9.17) is 20.0 Å². The van der Waals surface area contributed by atoms with Crippen LogP contribution in [0.3, 0.4) is 0 Å². The predicted molar refractivity (Wildman–Crippen MR) is 207 cm³/mol. The van der Waals surface area contributed by atoms with Gasteiger partial charge < -0.3 is 19.5 Å². The number of methoxy groups -OCH3 is 1. The third kappa shape index (κ3) is 7.03. The molecule has 0 radical (unpaired) electrons. The first kappa shape index (κ1) is 33.5. The van der Waals surface area contributed by atoms with Gasteiger partial charge in [0.05, 0.1) is 7.11 Å². The summed E-state index contributed by atoms with van der Waals surface area (Å²) in [7, 11) is 1.65. The fourth-order valence-corrected chi connectivity index (χ4v) is 10.1. The van der Waals surface area contributed by atoms with Crippen LogP contribution in [0, 0.1) is 22.7 Å². The third-order valence-corrected chi connectivity index (χ3v) is 12.4. The fraction of sp³-hybridized carbons (Fsp3) is 0.0256. The molecule has 0 saturated heterocycles. The van der Waals surface area contributed by atoms with E-state index in [-0.39, 0.29) is 17.8 Å². The average Bonchev–Trinajstić information content (AvgIpc) is 3.92. The Bertz CT molecular complexity index is 2500. The van der Waals surface area contributed by atoms with Gasteiger partial charge in [-0.05, 0) is 90.0 Å². The van der Waals surface area contributed by atoms with Gasteiger partial charge >= 0.3 is 5.97 Å². The average molecular weight is 742 g/mol. The highest BCUT2D eigenvalue weighted by Crippen LogP contribution is 2.43. The molecule has 4 heterocycles. The highest BCUT2D eigenvalue weighted by atomic mass is 32.1. The van der Waals surface area contributed by atoms with Gasteiger partial charge in [-0.3, -0.25) is 4.79 Å². The van der Waals surface area contributed by atoms with Gasteiger partial charge in [-0.15, -0.1) is 45.3 Å². The predicted octanol–water partition coefficient (Wildman–Crippen LogP) is 11.1. The van der Waals surface area contributed by atoms with Crippen LogP contribution in [0.4, 0.5) is 17.1 Å². The number of carboxylic acid groups (broad SMARTS) is 1. The Kier molecular flexibility index (Phi) is 9.49. The molecular weight excluding hydrogens is 719 g/mol. The Hall–Kier alpha value is -6.02. The fourth-order valence-electron chi connectivity index (χ4n) is 5.42. The first-order valence-electron chi connectivity index (χ1n) is 15.1. The van der Waals surface area contributed by atoms with E-state index in [9.17, 15) is 14.7 Å². The van der Waals surface area contributed by atoms with Crippen molar-refractivity contribution in [3.05, 3.63) is 118 Å². The van der Waals surface area contributed by atoms with Gasteiger partial charge in [-0.1, -0.05) is 24.3 Å². The molecule has 0 spiro atoms. The summed E-state index contributed by atoms with van der Waals surface area (Å²) in [6.07, 6.45) is 2.98. The molecule has 0 unspecified atom stereocenters. The maximum atomic E-state index is 11.3. The van der Waals surface area contributed by atoms with Crippen molar-refractivity contribution in [2.24, 2.45) is 0 Å². The number of nitriles is 2. The van der Waals surface area contributed by atoms with Crippen molar-refractivity contribution in [3.63, 3.8) is 0 Å². The Morgan fingerprint density at radius 3 is 1.57 bits per heavy atom. The standard InChI is InChI=1S/C39H23N3O5S4/c1-46-29-12-10-28(11-13-29)42(26-6-2-23(3-7-26)33-18-37-35(50-33)16-31(48-37)14-25(20-40)39(44)45)27-8-4-24(5-9-27)34-19-38-36(51-34)17-32(49-38)15-30(21-41)47-22-43/h2-19,22H,1H3,(H,44,45)/b25-14+,30-15+. The van der Waals surface area contributed by atoms with Gasteiger partial charge in [0, 0.05) is 61.4 Å². The Balaban J connectivity index is 1.16. The van der Waals surface area contributed by atoms with Gasteiger partial charge in [-0.2, -0.15) is 10.5 Å². The monoisotopic (exact) mass is 741 g/mol. The number of carbonyl (C=O) groups is 2. The zero-order chi connectivity index (χ0) is 35.5. The summed E-state index contributed by atoms with van der Waals surface area (Å²) >= 11 is 6.27. The van der Waals surface area contributed by atoms with E-state index in [1.807, 2.05) is 42.5 Å². The zero-order valence-electron chi connectivity index (χ0n) is 26.5. The van der Waals surface area contributed by atoms with Gasteiger partial charge in [0.25, 0.3) is 6.47 Å². The quantitative estimate of drug-likeness (QED) is 0.0601. The van der Waals surface area contributed by atoms with Crippen LogP contribution >= 0.6 is 45.3 Å². The molecule has 0 amide bonds. The highest BCUT2D eigenvalue weighted by Gasteiger charge is 2.16. The molecule has 7 aromatic rings. The molecule has 8 nitrogen and oxygen atoms in total. The first-order chi connectivity index (χ1) is 24.8. The SMILES string of the molecule is COc1ccc(N(c2ccc(-c3cc4sc(/C=C(\C#N)OC=O)cc4s3)cc2)c2ccc(-c3cc4sc(/C=C(\C#N)C(=O)O)cc4s3)cc2)cc1. The van der Waals surface area contributed by atoms with E-state index in [1.54, 1.807) is 41.9 Å². The second-order valence-electron chi connectivity index (χ2n) is 10.9. The summed E-state index contributed by atoms with van der Waals surface area (Å²) in [5, 5.41) is 27.5. The molecule has 4 aromatic heterocycles. The van der Waals surface area contributed by atoms with Gasteiger partial charge in [0.2, 0.25) is 5.76 Å². The zero-order valence-corrected chi connectivity index (χ0v) is 29.8. The lowest BCUT2D eigenvalue weighted by molar-refractivity contribution is -0.132. The van der Waals surface area contributed by atoms with Crippen LogP contribution in [0.1, 0.15) is 9.75 Å². The van der Waals surface area contributed by atoms with Crippen molar-refractivity contribution in [1.82, 2.24) is 0 Å². The number of fused-ring (bicyclic) bond motifs is 2. The molecule has 1 N–H and O–H groups in total. The number of hydrogen-bond donors (Lipinski definition) is 1. The maximum absolute atomic E-state index is 11.3. The van der Waals surface area contributed by atoms with Crippen LogP contribution < -0.4 is 9.64 Å². The minimum absolute atomic E-state index is 0.0450. The molecule has 0 fully saturated rings. The van der Waals surface area contributed by atoms with Crippen LogP contribution in [0.2, 0.25) is 0 Å². The molecule has 0 bridgehead atoms. The number of ether oxygens (including phenoxy) is 2. The molecule has 12 heteroatoms. The minimum atomic E-state index is -1.23. The van der Waals surface area contributed by atoms with Crippen molar-refractivity contribution in [3.8, 4) is 38.8 Å². The van der Waals surface area contributed by atoms with E-state index in [1.165, 1.54) is 28.7 Å². The van der Waals surface area contributed by atoms with E-state index in [2.05, 4.69) is 65.6 Å². The number of nitrogens with zero attached hydrogens (tertiary/aromatic N) is 3. The van der Waals surface area contributed by atoms with Crippen molar-refractivity contribution in [2.75, 3.05) is 12.0 Å². The molecule has 0 aliphatic carbocycles. The lowest BCUT2D eigenvalue weighted by atomic mass is 10.1. The molecule has 51 heavy (non-hydrogen) atoms.